The fourth-order valence-corrected chi connectivity index (χ4v) is 5.94. The van der Waals surface area contributed by atoms with Crippen LogP contribution in [0, 0.1) is 25.2 Å². The number of nitrogens with zero attached hydrogens (tertiary/aromatic N) is 6. The lowest BCUT2D eigenvalue weighted by atomic mass is 9.68. The average Bonchev–Trinajstić information content (AvgIpc) is 3.42. The van der Waals surface area contributed by atoms with E-state index in [2.05, 4.69) is 9.97 Å². The maximum absolute atomic E-state index is 13.8. The van der Waals surface area contributed by atoms with Crippen LogP contribution in [0.25, 0.3) is 11.2 Å². The van der Waals surface area contributed by atoms with Crippen LogP contribution >= 0.6 is 0 Å². The number of hydrogen-bond donors (Lipinski definition) is 0. The predicted molar refractivity (Wildman–Crippen MR) is 125 cm³/mol. The second-order valence-corrected chi connectivity index (χ2v) is 10.2. The number of hydrogen-bond acceptors (Lipinski definition) is 8. The van der Waals surface area contributed by atoms with E-state index in [0.717, 1.165) is 17.0 Å². The van der Waals surface area contributed by atoms with Crippen molar-refractivity contribution in [2.75, 3.05) is 31.7 Å². The summed E-state index contributed by atoms with van der Waals surface area (Å²) in [6.45, 7) is 5.20. The first-order valence-electron chi connectivity index (χ1n) is 12.1. The zero-order valence-electron chi connectivity index (χ0n) is 20.3. The van der Waals surface area contributed by atoms with E-state index in [-0.39, 0.29) is 37.2 Å². The van der Waals surface area contributed by atoms with Crippen LogP contribution in [0.4, 0.5) is 19.1 Å². The van der Waals surface area contributed by atoms with Crippen LogP contribution in [0.1, 0.15) is 53.9 Å². The molecule has 2 unspecified atom stereocenters. The van der Waals surface area contributed by atoms with Crippen LogP contribution < -0.4 is 9.64 Å². The number of alkyl halides is 3. The molecule has 1 saturated heterocycles. The topological polar surface area (TPSA) is 86.2 Å². The molecule has 3 aliphatic carbocycles. The molecule has 0 amide bonds. The van der Waals surface area contributed by atoms with Crippen molar-refractivity contribution in [2.45, 2.75) is 51.3 Å². The Morgan fingerprint density at radius 2 is 1.86 bits per heavy atom. The van der Waals surface area contributed by atoms with Gasteiger partial charge in [-0.1, -0.05) is 0 Å². The molecular weight excluding hydrogens is 473 g/mol. The molecule has 7 rings (SSSR count). The summed E-state index contributed by atoms with van der Waals surface area (Å²) in [4.78, 5) is 25.1. The van der Waals surface area contributed by atoms with Crippen molar-refractivity contribution in [2.24, 2.45) is 11.3 Å². The second kappa shape index (κ2) is 8.22. The Kier molecular flexibility index (Phi) is 5.33. The standard InChI is InChI=1S/C25H27F3N6O2/c1-13-14(2)31-22-21(30-13)20(17-11-24(25(26,27)28)9-16(17)10-24)32-23(33-22)34-6-7-36-18(12-34)15-4-5-29-19(8-15)35-3/h4-5,8,16-18H,6-7,9-12H2,1-3H3. The van der Waals surface area contributed by atoms with Gasteiger partial charge in [0.05, 0.1) is 42.8 Å². The van der Waals surface area contributed by atoms with Crippen molar-refractivity contribution in [1.29, 1.82) is 0 Å². The largest absolute Gasteiger partial charge is 0.481 e. The maximum atomic E-state index is 13.8. The zero-order chi connectivity index (χ0) is 25.2. The fraction of sp³-hybridized carbons (Fsp3) is 0.560. The maximum Gasteiger partial charge on any atom is 0.394 e. The van der Waals surface area contributed by atoms with E-state index in [1.54, 1.807) is 13.3 Å². The van der Waals surface area contributed by atoms with E-state index >= 15 is 0 Å². The molecule has 36 heavy (non-hydrogen) atoms. The Morgan fingerprint density at radius 3 is 2.58 bits per heavy atom. The molecule has 11 heteroatoms. The molecule has 3 saturated carbocycles. The molecule has 0 radical (unpaired) electrons. The molecule has 4 heterocycles. The normalized spacial score (nSPS) is 27.8. The van der Waals surface area contributed by atoms with Crippen molar-refractivity contribution in [3.8, 4) is 5.88 Å². The van der Waals surface area contributed by atoms with Gasteiger partial charge < -0.3 is 14.4 Å². The van der Waals surface area contributed by atoms with Crippen LogP contribution in [-0.4, -0.2) is 57.9 Å². The number of pyridine rings is 1. The van der Waals surface area contributed by atoms with Gasteiger partial charge in [-0.15, -0.1) is 0 Å². The van der Waals surface area contributed by atoms with Gasteiger partial charge in [0.2, 0.25) is 11.8 Å². The molecule has 8 nitrogen and oxygen atoms in total. The van der Waals surface area contributed by atoms with Crippen molar-refractivity contribution >= 4 is 17.1 Å². The Bertz CT molecular complexity index is 1330. The molecule has 0 aromatic carbocycles. The fourth-order valence-electron chi connectivity index (χ4n) is 5.94. The number of aryl methyl sites for hydroxylation is 2. The minimum absolute atomic E-state index is 0.0455. The summed E-state index contributed by atoms with van der Waals surface area (Å²) in [5.41, 5.74) is 2.32. The zero-order valence-corrected chi connectivity index (χ0v) is 20.3. The van der Waals surface area contributed by atoms with Gasteiger partial charge in [0, 0.05) is 24.7 Å². The summed E-state index contributed by atoms with van der Waals surface area (Å²) in [7, 11) is 1.56. The minimum Gasteiger partial charge on any atom is -0.481 e. The SMILES string of the molecule is COc1cc(C2CN(c3nc(C4CC5(C(F)(F)F)CC4C5)c4nc(C)c(C)nc4n3)CCO2)ccn1. The number of morpholine rings is 1. The summed E-state index contributed by atoms with van der Waals surface area (Å²) < 4.78 is 52.8. The smallest absolute Gasteiger partial charge is 0.394 e. The number of aromatic nitrogens is 5. The predicted octanol–water partition coefficient (Wildman–Crippen LogP) is 4.46. The lowest BCUT2D eigenvalue weighted by Gasteiger charge is -2.39. The molecule has 1 aliphatic heterocycles. The van der Waals surface area contributed by atoms with Crippen LogP contribution in [-0.2, 0) is 4.74 Å². The first-order valence-corrected chi connectivity index (χ1v) is 12.1. The molecule has 4 aliphatic rings. The average molecular weight is 501 g/mol. The second-order valence-electron chi connectivity index (χ2n) is 10.2. The quantitative estimate of drug-likeness (QED) is 0.519. The Morgan fingerprint density at radius 1 is 1.08 bits per heavy atom. The van der Waals surface area contributed by atoms with Gasteiger partial charge in [0.15, 0.2) is 5.65 Å². The van der Waals surface area contributed by atoms with Gasteiger partial charge in [-0.3, -0.25) is 0 Å². The van der Waals surface area contributed by atoms with Crippen molar-refractivity contribution < 1.29 is 22.6 Å². The number of halogens is 3. The summed E-state index contributed by atoms with van der Waals surface area (Å²) >= 11 is 0. The minimum atomic E-state index is -4.20. The monoisotopic (exact) mass is 500 g/mol. The van der Waals surface area contributed by atoms with E-state index in [4.69, 9.17) is 24.4 Å². The Hall–Kier alpha value is -3.08. The third-order valence-corrected chi connectivity index (χ3v) is 8.08. The molecule has 2 atom stereocenters. The van der Waals surface area contributed by atoms with Crippen LogP contribution in [0.2, 0.25) is 0 Å². The number of methoxy groups -OCH3 is 1. The molecule has 2 bridgehead atoms. The van der Waals surface area contributed by atoms with Crippen molar-refractivity contribution in [3.63, 3.8) is 0 Å². The highest BCUT2D eigenvalue weighted by molar-refractivity contribution is 5.75. The highest BCUT2D eigenvalue weighted by atomic mass is 19.4. The number of rotatable bonds is 4. The van der Waals surface area contributed by atoms with E-state index in [1.165, 1.54) is 0 Å². The van der Waals surface area contributed by atoms with Crippen LogP contribution in [0.15, 0.2) is 18.3 Å². The van der Waals surface area contributed by atoms with E-state index in [9.17, 15) is 13.2 Å². The van der Waals surface area contributed by atoms with Gasteiger partial charge in [-0.25, -0.2) is 19.9 Å². The molecule has 4 fully saturated rings. The van der Waals surface area contributed by atoms with Gasteiger partial charge in [0.25, 0.3) is 0 Å². The van der Waals surface area contributed by atoms with Crippen LogP contribution in [0.5, 0.6) is 5.88 Å². The Balaban J connectivity index is 1.38. The molecule has 190 valence electrons. The third kappa shape index (κ3) is 3.66. The number of anilines is 1. The lowest BCUT2D eigenvalue weighted by molar-refractivity contribution is -0.244. The first kappa shape index (κ1) is 23.3. The summed E-state index contributed by atoms with van der Waals surface area (Å²) in [5, 5.41) is 0. The molecular formula is C25H27F3N6O2. The van der Waals surface area contributed by atoms with E-state index in [0.29, 0.717) is 48.4 Å². The van der Waals surface area contributed by atoms with Gasteiger partial charge in [-0.05, 0) is 50.7 Å². The Labute approximate surface area is 206 Å². The highest BCUT2D eigenvalue weighted by Gasteiger charge is 2.69. The van der Waals surface area contributed by atoms with Gasteiger partial charge >= 0.3 is 6.18 Å². The van der Waals surface area contributed by atoms with Gasteiger partial charge in [0.1, 0.15) is 11.6 Å². The lowest BCUT2D eigenvalue weighted by Crippen LogP contribution is -2.42. The van der Waals surface area contributed by atoms with Crippen LogP contribution in [0.3, 0.4) is 0 Å². The molecule has 3 aromatic rings. The number of ether oxygens (including phenoxy) is 2. The molecule has 3 aromatic heterocycles. The van der Waals surface area contributed by atoms with E-state index < -0.39 is 11.6 Å². The first-order chi connectivity index (χ1) is 17.2. The molecule has 0 N–H and O–H groups in total. The summed E-state index contributed by atoms with van der Waals surface area (Å²) in [5.74, 6) is 0.586. The van der Waals surface area contributed by atoms with Crippen molar-refractivity contribution in [3.05, 3.63) is 41.0 Å². The highest BCUT2D eigenvalue weighted by Crippen LogP contribution is 2.70. The third-order valence-electron chi connectivity index (χ3n) is 8.08. The summed E-state index contributed by atoms with van der Waals surface area (Å²) in [6.07, 6.45) is -2.43. The summed E-state index contributed by atoms with van der Waals surface area (Å²) in [6, 6.07) is 3.71. The number of fused-ring (bicyclic) bond motifs is 2. The van der Waals surface area contributed by atoms with E-state index in [1.807, 2.05) is 30.9 Å². The van der Waals surface area contributed by atoms with Crippen molar-refractivity contribution in [1.82, 2.24) is 24.9 Å². The molecule has 0 spiro atoms. The van der Waals surface area contributed by atoms with Gasteiger partial charge in [-0.2, -0.15) is 18.2 Å².